The van der Waals surface area contributed by atoms with Gasteiger partial charge in [0.25, 0.3) is 5.91 Å². The topological polar surface area (TPSA) is 67.4 Å². The number of rotatable bonds is 7. The van der Waals surface area contributed by atoms with Gasteiger partial charge >= 0.3 is 0 Å². The Bertz CT molecular complexity index is 745. The monoisotopic (exact) mass is 404 g/mol. The van der Waals surface area contributed by atoms with E-state index in [-0.39, 0.29) is 25.0 Å². The highest BCUT2D eigenvalue weighted by molar-refractivity contribution is 9.10. The van der Waals surface area contributed by atoms with Crippen molar-refractivity contribution in [1.29, 1.82) is 0 Å². The summed E-state index contributed by atoms with van der Waals surface area (Å²) in [5.41, 5.74) is 2.86. The minimum absolute atomic E-state index is 0.105. The summed E-state index contributed by atoms with van der Waals surface area (Å²) in [5.74, 6) is -0.00407. The van der Waals surface area contributed by atoms with Crippen LogP contribution in [0.25, 0.3) is 0 Å². The normalized spacial score (nSPS) is 10.2. The van der Waals surface area contributed by atoms with E-state index in [0.29, 0.717) is 5.75 Å². The Morgan fingerprint density at radius 2 is 1.80 bits per heavy atom. The zero-order valence-electron chi connectivity index (χ0n) is 14.3. The van der Waals surface area contributed by atoms with Crippen molar-refractivity contribution in [3.8, 4) is 5.75 Å². The standard InChI is InChI=1S/C19H21BrN2O3/c1-3-14-4-7-16(8-5-14)25-12-19(24)21-11-18(23)22-17-9-6-15(20)10-13(17)2/h4-10H,3,11-12H2,1-2H3,(H,21,24)(H,22,23). The Hall–Kier alpha value is -2.34. The molecule has 132 valence electrons. The van der Waals surface area contributed by atoms with Gasteiger partial charge in [0.2, 0.25) is 5.91 Å². The van der Waals surface area contributed by atoms with E-state index in [1.165, 1.54) is 5.56 Å². The highest BCUT2D eigenvalue weighted by Crippen LogP contribution is 2.19. The molecule has 0 heterocycles. The van der Waals surface area contributed by atoms with Gasteiger partial charge in [0, 0.05) is 10.2 Å². The van der Waals surface area contributed by atoms with Crippen LogP contribution in [0.3, 0.4) is 0 Å². The van der Waals surface area contributed by atoms with E-state index >= 15 is 0 Å². The summed E-state index contributed by atoms with van der Waals surface area (Å²) < 4.78 is 6.35. The van der Waals surface area contributed by atoms with Gasteiger partial charge in [-0.3, -0.25) is 9.59 Å². The molecule has 2 amide bonds. The van der Waals surface area contributed by atoms with Gasteiger partial charge in [-0.1, -0.05) is 35.0 Å². The van der Waals surface area contributed by atoms with E-state index in [0.717, 1.165) is 22.1 Å². The minimum atomic E-state index is -0.345. The van der Waals surface area contributed by atoms with E-state index in [9.17, 15) is 9.59 Å². The van der Waals surface area contributed by atoms with Crippen LogP contribution in [0.2, 0.25) is 0 Å². The van der Waals surface area contributed by atoms with Crippen LogP contribution in [0.5, 0.6) is 5.75 Å². The van der Waals surface area contributed by atoms with E-state index in [1.807, 2.05) is 49.4 Å². The number of halogens is 1. The fraction of sp³-hybridized carbons (Fsp3) is 0.263. The number of carbonyl (C=O) groups is 2. The fourth-order valence-electron chi connectivity index (χ4n) is 2.16. The Kier molecular flexibility index (Phi) is 7.01. The second-order valence-corrected chi connectivity index (χ2v) is 6.49. The maximum atomic E-state index is 11.9. The van der Waals surface area contributed by atoms with Crippen molar-refractivity contribution >= 4 is 33.4 Å². The van der Waals surface area contributed by atoms with Gasteiger partial charge in [0.1, 0.15) is 5.75 Å². The molecule has 0 aliphatic heterocycles. The zero-order valence-corrected chi connectivity index (χ0v) is 15.9. The van der Waals surface area contributed by atoms with Crippen molar-refractivity contribution in [2.75, 3.05) is 18.5 Å². The molecule has 6 heteroatoms. The summed E-state index contributed by atoms with van der Waals surface area (Å²) in [6.45, 7) is 3.74. The third-order valence-corrected chi connectivity index (χ3v) is 4.10. The summed E-state index contributed by atoms with van der Waals surface area (Å²) >= 11 is 3.37. The molecule has 0 aromatic heterocycles. The summed E-state index contributed by atoms with van der Waals surface area (Å²) in [4.78, 5) is 23.7. The first-order valence-electron chi connectivity index (χ1n) is 8.02. The molecule has 5 nitrogen and oxygen atoms in total. The van der Waals surface area contributed by atoms with Crippen LogP contribution >= 0.6 is 15.9 Å². The number of aryl methyl sites for hydroxylation is 2. The molecule has 0 unspecified atom stereocenters. The Morgan fingerprint density at radius 3 is 2.44 bits per heavy atom. The van der Waals surface area contributed by atoms with Gasteiger partial charge in [-0.15, -0.1) is 0 Å². The molecule has 2 N–H and O–H groups in total. The van der Waals surface area contributed by atoms with Crippen molar-refractivity contribution in [3.05, 3.63) is 58.1 Å². The largest absolute Gasteiger partial charge is 0.484 e. The molecular weight excluding hydrogens is 384 g/mol. The van der Waals surface area contributed by atoms with Crippen LogP contribution in [0, 0.1) is 6.92 Å². The highest BCUT2D eigenvalue weighted by atomic mass is 79.9. The van der Waals surface area contributed by atoms with Crippen LogP contribution in [-0.2, 0) is 16.0 Å². The smallest absolute Gasteiger partial charge is 0.258 e. The summed E-state index contributed by atoms with van der Waals surface area (Å²) in [5, 5.41) is 5.31. The van der Waals surface area contributed by atoms with Gasteiger partial charge in [-0.2, -0.15) is 0 Å². The van der Waals surface area contributed by atoms with Gasteiger partial charge in [0.05, 0.1) is 6.54 Å². The highest BCUT2D eigenvalue weighted by Gasteiger charge is 2.08. The van der Waals surface area contributed by atoms with Crippen LogP contribution < -0.4 is 15.4 Å². The van der Waals surface area contributed by atoms with Crippen LogP contribution in [-0.4, -0.2) is 25.0 Å². The predicted molar refractivity (Wildman–Crippen MR) is 102 cm³/mol. The second kappa shape index (κ2) is 9.22. The number of hydrogen-bond donors (Lipinski definition) is 2. The molecule has 0 fully saturated rings. The lowest BCUT2D eigenvalue weighted by molar-refractivity contribution is -0.125. The molecule has 0 atom stereocenters. The first-order valence-corrected chi connectivity index (χ1v) is 8.81. The van der Waals surface area contributed by atoms with Crippen molar-refractivity contribution in [2.45, 2.75) is 20.3 Å². The average molecular weight is 405 g/mol. The van der Waals surface area contributed by atoms with E-state index in [2.05, 4.69) is 33.5 Å². The first kappa shape index (κ1) is 19.0. The number of hydrogen-bond acceptors (Lipinski definition) is 3. The molecule has 0 saturated carbocycles. The van der Waals surface area contributed by atoms with Crippen molar-refractivity contribution in [1.82, 2.24) is 5.32 Å². The van der Waals surface area contributed by atoms with Crippen molar-refractivity contribution in [3.63, 3.8) is 0 Å². The zero-order chi connectivity index (χ0) is 18.2. The number of anilines is 1. The van der Waals surface area contributed by atoms with E-state index in [4.69, 9.17) is 4.74 Å². The van der Waals surface area contributed by atoms with Crippen LogP contribution in [0.1, 0.15) is 18.1 Å². The average Bonchev–Trinajstić information content (AvgIpc) is 2.61. The number of carbonyl (C=O) groups excluding carboxylic acids is 2. The van der Waals surface area contributed by atoms with Gasteiger partial charge in [-0.05, 0) is 54.8 Å². The van der Waals surface area contributed by atoms with E-state index in [1.54, 1.807) is 0 Å². The molecule has 0 spiro atoms. The summed E-state index contributed by atoms with van der Waals surface area (Å²) in [6, 6.07) is 13.1. The van der Waals surface area contributed by atoms with Gasteiger partial charge in [0.15, 0.2) is 6.61 Å². The van der Waals surface area contributed by atoms with Gasteiger partial charge in [-0.25, -0.2) is 0 Å². The number of ether oxygens (including phenoxy) is 1. The first-order chi connectivity index (χ1) is 12.0. The lowest BCUT2D eigenvalue weighted by Crippen LogP contribution is -2.35. The molecule has 2 rings (SSSR count). The number of amides is 2. The molecule has 0 saturated heterocycles. The maximum Gasteiger partial charge on any atom is 0.258 e. The third kappa shape index (κ3) is 6.23. The molecule has 2 aromatic rings. The molecule has 0 aliphatic carbocycles. The van der Waals surface area contributed by atoms with Crippen LogP contribution in [0.4, 0.5) is 5.69 Å². The fourth-order valence-corrected chi connectivity index (χ4v) is 2.64. The van der Waals surface area contributed by atoms with E-state index < -0.39 is 0 Å². The maximum absolute atomic E-state index is 11.9. The molecular formula is C19H21BrN2O3. The Balaban J connectivity index is 1.74. The predicted octanol–water partition coefficient (Wildman–Crippen LogP) is 3.45. The van der Waals surface area contributed by atoms with Crippen molar-refractivity contribution in [2.24, 2.45) is 0 Å². The summed E-state index contributed by atoms with van der Waals surface area (Å²) in [6.07, 6.45) is 0.952. The lowest BCUT2D eigenvalue weighted by atomic mass is 10.2. The van der Waals surface area contributed by atoms with Crippen LogP contribution in [0.15, 0.2) is 46.9 Å². The molecule has 0 bridgehead atoms. The number of benzene rings is 2. The second-order valence-electron chi connectivity index (χ2n) is 5.57. The molecule has 2 aromatic carbocycles. The minimum Gasteiger partial charge on any atom is -0.484 e. The Morgan fingerprint density at radius 1 is 1.08 bits per heavy atom. The number of nitrogens with one attached hydrogen (secondary N) is 2. The van der Waals surface area contributed by atoms with Crippen molar-refractivity contribution < 1.29 is 14.3 Å². The lowest BCUT2D eigenvalue weighted by Gasteiger charge is -2.10. The SMILES string of the molecule is CCc1ccc(OCC(=O)NCC(=O)Nc2ccc(Br)cc2C)cc1. The molecule has 0 radical (unpaired) electrons. The Labute approximate surface area is 155 Å². The van der Waals surface area contributed by atoms with Gasteiger partial charge < -0.3 is 15.4 Å². The third-order valence-electron chi connectivity index (χ3n) is 3.61. The quantitative estimate of drug-likeness (QED) is 0.742. The molecule has 25 heavy (non-hydrogen) atoms. The molecule has 0 aliphatic rings. The summed E-state index contributed by atoms with van der Waals surface area (Å²) in [7, 11) is 0.